The zero-order valence-electron chi connectivity index (χ0n) is 15.5. The van der Waals surface area contributed by atoms with Crippen LogP contribution in [0.5, 0.6) is 0 Å². The van der Waals surface area contributed by atoms with Crippen molar-refractivity contribution in [1.82, 2.24) is 19.6 Å². The van der Waals surface area contributed by atoms with E-state index < -0.39 is 12.1 Å². The number of carboxylic acid groups (broad SMARTS) is 1. The number of hydrogen-bond acceptors (Lipinski definition) is 6. The summed E-state index contributed by atoms with van der Waals surface area (Å²) in [6.45, 7) is 0.105. The van der Waals surface area contributed by atoms with Gasteiger partial charge in [0.2, 0.25) is 0 Å². The van der Waals surface area contributed by atoms with Crippen molar-refractivity contribution >= 4 is 23.7 Å². The molecule has 0 aliphatic heterocycles. The number of rotatable bonds is 4. The highest BCUT2D eigenvalue weighted by atomic mass is 16.5. The molecule has 1 amide bonds. The van der Waals surface area contributed by atoms with E-state index in [-0.39, 0.29) is 29.7 Å². The van der Waals surface area contributed by atoms with E-state index in [1.165, 1.54) is 6.33 Å². The second kappa shape index (κ2) is 6.96. The summed E-state index contributed by atoms with van der Waals surface area (Å²) in [7, 11) is 0. The second-order valence-electron chi connectivity index (χ2n) is 6.75. The Bertz CT molecular complexity index is 1250. The minimum atomic E-state index is -1.26. The fourth-order valence-electron chi connectivity index (χ4n) is 3.79. The van der Waals surface area contributed by atoms with E-state index >= 15 is 0 Å². The number of carboxylic acids is 1. The molecule has 148 valence electrons. The van der Waals surface area contributed by atoms with Crippen molar-refractivity contribution in [3.63, 3.8) is 0 Å². The monoisotopic (exact) mass is 401 g/mol. The Kier molecular flexibility index (Phi) is 4.13. The second-order valence-corrected chi connectivity index (χ2v) is 6.75. The lowest BCUT2D eigenvalue weighted by Crippen LogP contribution is -2.21. The molecule has 0 unspecified atom stereocenters. The molecule has 2 N–H and O–H groups in total. The summed E-state index contributed by atoms with van der Waals surface area (Å²) in [6.07, 6.45) is 1.55. The molecule has 5 rings (SSSR count). The Morgan fingerprint density at radius 1 is 1.03 bits per heavy atom. The predicted octanol–water partition coefficient (Wildman–Crippen LogP) is 3.18. The average molecular weight is 401 g/mol. The van der Waals surface area contributed by atoms with Crippen LogP contribution in [0.1, 0.15) is 27.4 Å². The number of carbonyl (C=O) groups is 2. The van der Waals surface area contributed by atoms with Gasteiger partial charge in [0.25, 0.3) is 5.78 Å². The Morgan fingerprint density at radius 2 is 1.70 bits per heavy atom. The summed E-state index contributed by atoms with van der Waals surface area (Å²) < 4.78 is 6.62. The highest BCUT2D eigenvalue weighted by Gasteiger charge is 2.29. The zero-order valence-corrected chi connectivity index (χ0v) is 15.5. The van der Waals surface area contributed by atoms with Gasteiger partial charge in [-0.3, -0.25) is 5.32 Å². The molecule has 1 aliphatic rings. The van der Waals surface area contributed by atoms with Gasteiger partial charge in [-0.2, -0.15) is 14.6 Å². The average Bonchev–Trinajstić information content (AvgIpc) is 3.35. The van der Waals surface area contributed by atoms with E-state index in [1.807, 2.05) is 48.5 Å². The SMILES string of the molecule is O=C(Nc1c(C(=O)O)cnc2ncnn12)OCC1c2ccccc2-c2ccccc21. The number of anilines is 1. The largest absolute Gasteiger partial charge is 0.477 e. The van der Waals surface area contributed by atoms with E-state index in [9.17, 15) is 14.7 Å². The molecule has 9 heteroatoms. The van der Waals surface area contributed by atoms with Gasteiger partial charge in [0.1, 0.15) is 18.5 Å². The number of nitrogens with zero attached hydrogens (tertiary/aromatic N) is 4. The van der Waals surface area contributed by atoms with Crippen LogP contribution in [0.3, 0.4) is 0 Å². The van der Waals surface area contributed by atoms with Crippen LogP contribution in [0.25, 0.3) is 16.9 Å². The summed E-state index contributed by atoms with van der Waals surface area (Å²) in [5, 5.41) is 15.8. The van der Waals surface area contributed by atoms with Crippen molar-refractivity contribution in [1.29, 1.82) is 0 Å². The fraction of sp³-hybridized carbons (Fsp3) is 0.0952. The number of benzene rings is 2. The third kappa shape index (κ3) is 2.84. The topological polar surface area (TPSA) is 119 Å². The number of hydrogen-bond donors (Lipinski definition) is 2. The number of aromatic carboxylic acids is 1. The molecule has 1 aliphatic carbocycles. The predicted molar refractivity (Wildman–Crippen MR) is 106 cm³/mol. The summed E-state index contributed by atoms with van der Waals surface area (Å²) in [5.41, 5.74) is 4.18. The molecule has 0 saturated heterocycles. The lowest BCUT2D eigenvalue weighted by Gasteiger charge is -2.15. The number of amides is 1. The van der Waals surface area contributed by atoms with Gasteiger partial charge in [-0.15, -0.1) is 0 Å². The Balaban J connectivity index is 1.39. The molecule has 0 radical (unpaired) electrons. The molecule has 0 spiro atoms. The number of aromatic nitrogens is 4. The van der Waals surface area contributed by atoms with E-state index in [4.69, 9.17) is 4.74 Å². The number of nitrogens with one attached hydrogen (secondary N) is 1. The molecule has 0 saturated carbocycles. The molecule has 2 aromatic heterocycles. The van der Waals surface area contributed by atoms with Crippen molar-refractivity contribution in [2.24, 2.45) is 0 Å². The molecule has 2 heterocycles. The third-order valence-corrected chi connectivity index (χ3v) is 5.10. The Hall–Kier alpha value is -4.27. The van der Waals surface area contributed by atoms with Gasteiger partial charge in [0, 0.05) is 12.1 Å². The van der Waals surface area contributed by atoms with Crippen molar-refractivity contribution < 1.29 is 19.4 Å². The van der Waals surface area contributed by atoms with Gasteiger partial charge >= 0.3 is 12.1 Å². The summed E-state index contributed by atoms with van der Waals surface area (Å²) in [4.78, 5) is 31.8. The molecular weight excluding hydrogens is 386 g/mol. The molecule has 0 fully saturated rings. The van der Waals surface area contributed by atoms with Crippen molar-refractivity contribution in [3.8, 4) is 11.1 Å². The smallest absolute Gasteiger partial charge is 0.412 e. The van der Waals surface area contributed by atoms with Crippen LogP contribution in [0.4, 0.5) is 10.6 Å². The van der Waals surface area contributed by atoms with Crippen molar-refractivity contribution in [2.75, 3.05) is 11.9 Å². The van der Waals surface area contributed by atoms with Gasteiger partial charge in [-0.25, -0.2) is 14.6 Å². The summed E-state index contributed by atoms with van der Waals surface area (Å²) in [5.74, 6) is -1.27. The Morgan fingerprint density at radius 3 is 2.37 bits per heavy atom. The first kappa shape index (κ1) is 17.8. The van der Waals surface area contributed by atoms with E-state index in [2.05, 4.69) is 20.4 Å². The first-order chi connectivity index (χ1) is 14.6. The van der Waals surface area contributed by atoms with E-state index in [0.29, 0.717) is 0 Å². The van der Waals surface area contributed by atoms with E-state index in [0.717, 1.165) is 33.0 Å². The van der Waals surface area contributed by atoms with Crippen LogP contribution in [0.2, 0.25) is 0 Å². The van der Waals surface area contributed by atoms with Gasteiger partial charge < -0.3 is 9.84 Å². The van der Waals surface area contributed by atoms with Crippen LogP contribution in [-0.4, -0.2) is 43.4 Å². The Labute approximate surface area is 170 Å². The maximum atomic E-state index is 12.5. The van der Waals surface area contributed by atoms with Crippen LogP contribution in [-0.2, 0) is 4.74 Å². The van der Waals surface area contributed by atoms with Gasteiger partial charge in [0.05, 0.1) is 0 Å². The molecule has 0 atom stereocenters. The van der Waals surface area contributed by atoms with Crippen LogP contribution < -0.4 is 5.32 Å². The number of ether oxygens (including phenoxy) is 1. The molecule has 4 aromatic rings. The standard InChI is InChI=1S/C21H15N5O4/c27-19(28)16-9-22-20-23-11-24-26(20)18(16)25-21(29)30-10-17-14-7-3-1-5-12(14)13-6-2-4-8-15(13)17/h1-9,11,17H,10H2,(H,25,29)(H,27,28). The molecule has 9 nitrogen and oxygen atoms in total. The molecule has 0 bridgehead atoms. The van der Waals surface area contributed by atoms with Gasteiger partial charge in [0.15, 0.2) is 5.82 Å². The van der Waals surface area contributed by atoms with Gasteiger partial charge in [-0.1, -0.05) is 48.5 Å². The minimum absolute atomic E-state index is 0.0674. The maximum absolute atomic E-state index is 12.5. The number of fused-ring (bicyclic) bond motifs is 4. The fourth-order valence-corrected chi connectivity index (χ4v) is 3.79. The van der Waals surface area contributed by atoms with Gasteiger partial charge in [-0.05, 0) is 22.3 Å². The van der Waals surface area contributed by atoms with Crippen LogP contribution in [0, 0.1) is 0 Å². The quantitative estimate of drug-likeness (QED) is 0.539. The first-order valence-electron chi connectivity index (χ1n) is 9.17. The third-order valence-electron chi connectivity index (χ3n) is 5.10. The molecule has 30 heavy (non-hydrogen) atoms. The lowest BCUT2D eigenvalue weighted by molar-refractivity contribution is 0.0697. The van der Waals surface area contributed by atoms with E-state index in [1.54, 1.807) is 0 Å². The van der Waals surface area contributed by atoms with Crippen molar-refractivity contribution in [2.45, 2.75) is 5.92 Å². The highest BCUT2D eigenvalue weighted by molar-refractivity contribution is 5.97. The maximum Gasteiger partial charge on any atom is 0.412 e. The molecule has 2 aromatic carbocycles. The normalized spacial score (nSPS) is 12.4. The zero-order chi connectivity index (χ0) is 20.7. The molecular formula is C21H15N5O4. The van der Waals surface area contributed by atoms with Crippen molar-refractivity contribution in [3.05, 3.63) is 77.7 Å². The van der Waals surface area contributed by atoms with Crippen LogP contribution in [0.15, 0.2) is 61.1 Å². The summed E-state index contributed by atoms with van der Waals surface area (Å²) in [6, 6.07) is 16.0. The highest BCUT2D eigenvalue weighted by Crippen LogP contribution is 2.44. The first-order valence-corrected chi connectivity index (χ1v) is 9.17. The number of carbonyl (C=O) groups excluding carboxylic acids is 1. The van der Waals surface area contributed by atoms with Crippen LogP contribution >= 0.6 is 0 Å². The lowest BCUT2D eigenvalue weighted by atomic mass is 9.98. The minimum Gasteiger partial charge on any atom is -0.477 e. The summed E-state index contributed by atoms with van der Waals surface area (Å²) >= 11 is 0.